The van der Waals surface area contributed by atoms with Crippen molar-refractivity contribution in [3.05, 3.63) is 82.1 Å². The van der Waals surface area contributed by atoms with Crippen molar-refractivity contribution in [1.82, 2.24) is 9.38 Å². The van der Waals surface area contributed by atoms with Gasteiger partial charge in [-0.25, -0.2) is 9.78 Å². The van der Waals surface area contributed by atoms with Crippen molar-refractivity contribution < 1.29 is 13.9 Å². The number of pyridine rings is 1. The number of aryl methyl sites for hydroxylation is 1. The fraction of sp³-hybridized carbons (Fsp3) is 0.105. The molecule has 0 atom stereocenters. The smallest absolute Gasteiger partial charge is 0.374 e. The van der Waals surface area contributed by atoms with Gasteiger partial charge in [-0.05, 0) is 30.7 Å². The second-order valence-electron chi connectivity index (χ2n) is 5.70. The van der Waals surface area contributed by atoms with E-state index in [1.165, 1.54) is 10.5 Å². The van der Waals surface area contributed by atoms with Gasteiger partial charge in [0.15, 0.2) is 0 Å². The van der Waals surface area contributed by atoms with E-state index in [1.54, 1.807) is 24.4 Å². The highest BCUT2D eigenvalue weighted by Crippen LogP contribution is 2.19. The summed E-state index contributed by atoms with van der Waals surface area (Å²) in [6.45, 7) is 1.77. The summed E-state index contributed by atoms with van der Waals surface area (Å²) in [5.74, 6) is -0.474. The van der Waals surface area contributed by atoms with Gasteiger partial charge in [0.25, 0.3) is 5.56 Å². The lowest BCUT2D eigenvalue weighted by Crippen LogP contribution is -2.17. The van der Waals surface area contributed by atoms with Crippen molar-refractivity contribution >= 4 is 22.6 Å². The Morgan fingerprint density at radius 1 is 1.20 bits per heavy atom. The maximum atomic E-state index is 12.2. The summed E-state index contributed by atoms with van der Waals surface area (Å²) in [5.41, 5.74) is 2.20. The quantitative estimate of drug-likeness (QED) is 0.538. The van der Waals surface area contributed by atoms with Crippen LogP contribution in [0.4, 0.5) is 0 Å². The molecule has 0 saturated carbocycles. The van der Waals surface area contributed by atoms with Crippen LogP contribution in [0.2, 0.25) is 0 Å². The Balaban J connectivity index is 1.58. The fourth-order valence-corrected chi connectivity index (χ4v) is 2.68. The molecule has 4 aromatic rings. The highest BCUT2D eigenvalue weighted by atomic mass is 16.5. The van der Waals surface area contributed by atoms with Crippen LogP contribution in [0.15, 0.2) is 63.9 Å². The van der Waals surface area contributed by atoms with Crippen molar-refractivity contribution in [1.29, 1.82) is 0 Å². The van der Waals surface area contributed by atoms with E-state index < -0.39 is 5.97 Å². The maximum absolute atomic E-state index is 12.2. The molecule has 0 fully saturated rings. The molecule has 0 spiro atoms. The molecule has 0 aliphatic rings. The Kier molecular flexibility index (Phi) is 3.57. The number of hydrogen-bond donors (Lipinski definition) is 0. The molecule has 4 rings (SSSR count). The zero-order valence-corrected chi connectivity index (χ0v) is 13.4. The third-order valence-electron chi connectivity index (χ3n) is 3.92. The number of para-hydroxylation sites is 1. The molecule has 0 N–H and O–H groups in total. The van der Waals surface area contributed by atoms with Crippen LogP contribution in [0.5, 0.6) is 0 Å². The minimum atomic E-state index is -0.594. The third-order valence-corrected chi connectivity index (χ3v) is 3.92. The van der Waals surface area contributed by atoms with E-state index >= 15 is 0 Å². The largest absolute Gasteiger partial charge is 0.453 e. The molecule has 6 nitrogen and oxygen atoms in total. The number of carbonyl (C=O) groups excluding carboxylic acids is 1. The standard InChI is InChI=1S/C19H14N2O4/c1-12-5-4-8-21-17(22)10-14(20-18(12)21)11-24-19(23)16-9-13-6-2-3-7-15(13)25-16/h2-10H,11H2,1H3. The van der Waals surface area contributed by atoms with Crippen molar-refractivity contribution in [2.75, 3.05) is 0 Å². The molecule has 0 aliphatic carbocycles. The Hall–Kier alpha value is -3.41. The summed E-state index contributed by atoms with van der Waals surface area (Å²) in [6.07, 6.45) is 1.65. The molecule has 0 saturated heterocycles. The number of nitrogens with zero attached hydrogens (tertiary/aromatic N) is 2. The highest BCUT2D eigenvalue weighted by Gasteiger charge is 2.14. The average Bonchev–Trinajstić information content (AvgIpc) is 3.05. The van der Waals surface area contributed by atoms with Crippen molar-refractivity contribution in [2.24, 2.45) is 0 Å². The summed E-state index contributed by atoms with van der Waals surface area (Å²) in [5, 5.41) is 0.826. The first-order valence-corrected chi connectivity index (χ1v) is 7.75. The lowest BCUT2D eigenvalue weighted by Gasteiger charge is -2.06. The van der Waals surface area contributed by atoms with Gasteiger partial charge in [-0.15, -0.1) is 0 Å². The van der Waals surface area contributed by atoms with Crippen LogP contribution in [0, 0.1) is 6.92 Å². The predicted octanol–water partition coefficient (Wildman–Crippen LogP) is 3.11. The first-order valence-electron chi connectivity index (χ1n) is 7.75. The van der Waals surface area contributed by atoms with Gasteiger partial charge >= 0.3 is 5.97 Å². The van der Waals surface area contributed by atoms with E-state index in [1.807, 2.05) is 31.2 Å². The number of hydrogen-bond acceptors (Lipinski definition) is 5. The fourth-order valence-electron chi connectivity index (χ4n) is 2.68. The monoisotopic (exact) mass is 334 g/mol. The van der Waals surface area contributed by atoms with Gasteiger partial charge < -0.3 is 9.15 Å². The third kappa shape index (κ3) is 2.78. The average molecular weight is 334 g/mol. The van der Waals surface area contributed by atoms with Crippen LogP contribution in [0.3, 0.4) is 0 Å². The van der Waals surface area contributed by atoms with E-state index in [0.29, 0.717) is 16.9 Å². The number of rotatable bonds is 3. The number of ether oxygens (including phenoxy) is 1. The topological polar surface area (TPSA) is 73.8 Å². The molecule has 124 valence electrons. The Morgan fingerprint density at radius 3 is 2.88 bits per heavy atom. The predicted molar refractivity (Wildman–Crippen MR) is 91.5 cm³/mol. The maximum Gasteiger partial charge on any atom is 0.374 e. The lowest BCUT2D eigenvalue weighted by atomic mass is 10.2. The van der Waals surface area contributed by atoms with Crippen molar-refractivity contribution in [3.8, 4) is 0 Å². The molecule has 0 radical (unpaired) electrons. The zero-order chi connectivity index (χ0) is 17.4. The number of furan rings is 1. The van der Waals surface area contributed by atoms with Crippen LogP contribution in [0.1, 0.15) is 21.8 Å². The molecule has 0 unspecified atom stereocenters. The first-order chi connectivity index (χ1) is 12.1. The molecule has 6 heteroatoms. The molecule has 3 aromatic heterocycles. The van der Waals surface area contributed by atoms with Gasteiger partial charge in [-0.3, -0.25) is 9.20 Å². The van der Waals surface area contributed by atoms with Crippen LogP contribution in [-0.4, -0.2) is 15.4 Å². The van der Waals surface area contributed by atoms with Gasteiger partial charge in [0.1, 0.15) is 17.8 Å². The van der Waals surface area contributed by atoms with Crippen molar-refractivity contribution in [2.45, 2.75) is 13.5 Å². The Labute approximate surface area is 142 Å². The van der Waals surface area contributed by atoms with E-state index in [0.717, 1.165) is 10.9 Å². The molecule has 0 amide bonds. The number of fused-ring (bicyclic) bond motifs is 2. The van der Waals surface area contributed by atoms with E-state index in [-0.39, 0.29) is 17.9 Å². The summed E-state index contributed by atoms with van der Waals surface area (Å²) in [6, 6.07) is 14.0. The lowest BCUT2D eigenvalue weighted by molar-refractivity contribution is 0.0434. The van der Waals surface area contributed by atoms with E-state index in [4.69, 9.17) is 9.15 Å². The second kappa shape index (κ2) is 5.90. The van der Waals surface area contributed by atoms with E-state index in [9.17, 15) is 9.59 Å². The second-order valence-corrected chi connectivity index (χ2v) is 5.70. The highest BCUT2D eigenvalue weighted by molar-refractivity contribution is 5.92. The number of benzene rings is 1. The summed E-state index contributed by atoms with van der Waals surface area (Å²) >= 11 is 0. The summed E-state index contributed by atoms with van der Waals surface area (Å²) < 4.78 is 12.2. The molecule has 0 aliphatic heterocycles. The molecule has 25 heavy (non-hydrogen) atoms. The van der Waals surface area contributed by atoms with E-state index in [2.05, 4.69) is 4.98 Å². The number of aromatic nitrogens is 2. The minimum Gasteiger partial charge on any atom is -0.453 e. The minimum absolute atomic E-state index is 0.101. The van der Waals surface area contributed by atoms with Gasteiger partial charge in [0.05, 0.1) is 5.69 Å². The van der Waals surface area contributed by atoms with Gasteiger partial charge in [-0.1, -0.05) is 24.3 Å². The molecule has 1 aromatic carbocycles. The molecular weight excluding hydrogens is 320 g/mol. The Morgan fingerprint density at radius 2 is 2.04 bits per heavy atom. The summed E-state index contributed by atoms with van der Waals surface area (Å²) in [7, 11) is 0. The molecule has 0 bridgehead atoms. The van der Waals surface area contributed by atoms with Gasteiger partial charge in [-0.2, -0.15) is 0 Å². The first kappa shape index (κ1) is 15.1. The molecular formula is C19H14N2O4. The van der Waals surface area contributed by atoms with Crippen LogP contribution in [-0.2, 0) is 11.3 Å². The van der Waals surface area contributed by atoms with Crippen LogP contribution >= 0.6 is 0 Å². The number of carbonyl (C=O) groups is 1. The number of esters is 1. The van der Waals surface area contributed by atoms with Crippen molar-refractivity contribution in [3.63, 3.8) is 0 Å². The van der Waals surface area contributed by atoms with Gasteiger partial charge in [0.2, 0.25) is 5.76 Å². The normalized spacial score (nSPS) is 11.1. The summed E-state index contributed by atoms with van der Waals surface area (Å²) in [4.78, 5) is 28.7. The van der Waals surface area contributed by atoms with Crippen LogP contribution < -0.4 is 5.56 Å². The molecule has 3 heterocycles. The zero-order valence-electron chi connectivity index (χ0n) is 13.4. The Bertz CT molecular complexity index is 1120. The van der Waals surface area contributed by atoms with Gasteiger partial charge in [0, 0.05) is 17.6 Å². The SMILES string of the molecule is Cc1cccn2c(=O)cc(COC(=O)c3cc4ccccc4o3)nc12. The van der Waals surface area contributed by atoms with Crippen LogP contribution in [0.25, 0.3) is 16.6 Å².